The van der Waals surface area contributed by atoms with E-state index in [4.69, 9.17) is 9.47 Å². The number of rotatable bonds is 4. The second-order valence-corrected chi connectivity index (χ2v) is 7.90. The molecule has 1 aliphatic rings. The van der Waals surface area contributed by atoms with Gasteiger partial charge in [0, 0.05) is 49.5 Å². The lowest BCUT2D eigenvalue weighted by atomic mass is 10.0. The monoisotopic (exact) mass is 422 g/mol. The van der Waals surface area contributed by atoms with Crippen LogP contribution in [0.4, 0.5) is 4.39 Å². The molecule has 0 aliphatic carbocycles. The van der Waals surface area contributed by atoms with Crippen molar-refractivity contribution in [3.8, 4) is 11.1 Å². The highest BCUT2D eigenvalue weighted by Crippen LogP contribution is 2.32. The van der Waals surface area contributed by atoms with Gasteiger partial charge in [-0.05, 0) is 25.0 Å². The van der Waals surface area contributed by atoms with E-state index in [9.17, 15) is 4.79 Å². The van der Waals surface area contributed by atoms with Gasteiger partial charge in [0.25, 0.3) is 0 Å². The molecule has 4 heterocycles. The number of ether oxygens (including phenoxy) is 2. The standard InChI is InChI=1S/C23H23FN4O3/c1-27-21-11-26-20-9-19(24)17(14-5-6-15(12-30-2)25-10-14)8-18(20)22(21)28(23(27)29)16-4-3-7-31-13-16/h5-6,8-11,16H,3-4,7,12-13H2,1-2H3/t16-/m1/s1. The molecule has 160 valence electrons. The van der Waals surface area contributed by atoms with Crippen LogP contribution in [0.3, 0.4) is 0 Å². The van der Waals surface area contributed by atoms with E-state index in [1.807, 2.05) is 12.1 Å². The van der Waals surface area contributed by atoms with Crippen molar-refractivity contribution >= 4 is 21.9 Å². The maximum absolute atomic E-state index is 15.0. The van der Waals surface area contributed by atoms with Gasteiger partial charge in [-0.1, -0.05) is 6.07 Å². The molecule has 0 unspecified atom stereocenters. The molecule has 1 atom stereocenters. The van der Waals surface area contributed by atoms with Crippen LogP contribution in [0.25, 0.3) is 33.1 Å². The number of imidazole rings is 1. The van der Waals surface area contributed by atoms with Crippen molar-refractivity contribution in [2.24, 2.45) is 7.05 Å². The van der Waals surface area contributed by atoms with Gasteiger partial charge in [-0.2, -0.15) is 0 Å². The number of aromatic nitrogens is 4. The average molecular weight is 422 g/mol. The summed E-state index contributed by atoms with van der Waals surface area (Å²) in [5, 5.41) is 0.734. The highest BCUT2D eigenvalue weighted by atomic mass is 19.1. The Kier molecular flexibility index (Phi) is 5.03. The van der Waals surface area contributed by atoms with E-state index in [1.165, 1.54) is 6.07 Å². The van der Waals surface area contributed by atoms with E-state index < -0.39 is 0 Å². The van der Waals surface area contributed by atoms with Gasteiger partial charge in [-0.25, -0.2) is 9.18 Å². The zero-order valence-corrected chi connectivity index (χ0v) is 17.5. The zero-order valence-electron chi connectivity index (χ0n) is 17.5. The maximum atomic E-state index is 15.0. The van der Waals surface area contributed by atoms with Gasteiger partial charge in [0.2, 0.25) is 0 Å². The Morgan fingerprint density at radius 2 is 2.13 bits per heavy atom. The summed E-state index contributed by atoms with van der Waals surface area (Å²) in [4.78, 5) is 21.9. The molecule has 0 saturated carbocycles. The van der Waals surface area contributed by atoms with Crippen LogP contribution in [0.1, 0.15) is 24.6 Å². The number of aryl methyl sites for hydroxylation is 1. The third kappa shape index (κ3) is 3.32. The molecule has 7 nitrogen and oxygen atoms in total. The van der Waals surface area contributed by atoms with Crippen molar-refractivity contribution in [3.05, 3.63) is 58.7 Å². The molecular formula is C23H23FN4O3. The Bertz CT molecular complexity index is 1320. The van der Waals surface area contributed by atoms with E-state index in [2.05, 4.69) is 9.97 Å². The topological polar surface area (TPSA) is 71.2 Å². The fourth-order valence-electron chi connectivity index (χ4n) is 4.35. The lowest BCUT2D eigenvalue weighted by Gasteiger charge is -2.23. The number of halogens is 1. The number of methoxy groups -OCH3 is 1. The highest BCUT2D eigenvalue weighted by Gasteiger charge is 2.24. The predicted octanol–water partition coefficient (Wildman–Crippen LogP) is 3.59. The van der Waals surface area contributed by atoms with Crippen LogP contribution in [0.15, 0.2) is 41.5 Å². The van der Waals surface area contributed by atoms with E-state index >= 15 is 4.39 Å². The van der Waals surface area contributed by atoms with Crippen LogP contribution in [-0.4, -0.2) is 39.4 Å². The molecule has 8 heteroatoms. The van der Waals surface area contributed by atoms with Crippen molar-refractivity contribution in [2.45, 2.75) is 25.5 Å². The second kappa shape index (κ2) is 7.86. The van der Waals surface area contributed by atoms with Crippen molar-refractivity contribution in [2.75, 3.05) is 20.3 Å². The molecule has 0 amide bonds. The van der Waals surface area contributed by atoms with Crippen LogP contribution in [0.5, 0.6) is 0 Å². The first-order chi connectivity index (χ1) is 15.1. The van der Waals surface area contributed by atoms with Crippen LogP contribution < -0.4 is 5.69 Å². The van der Waals surface area contributed by atoms with Gasteiger partial charge in [0.1, 0.15) is 5.82 Å². The minimum atomic E-state index is -0.383. The summed E-state index contributed by atoms with van der Waals surface area (Å²) < 4.78 is 29.1. The number of fused-ring (bicyclic) bond motifs is 3. The molecule has 0 radical (unpaired) electrons. The summed E-state index contributed by atoms with van der Waals surface area (Å²) in [6.07, 6.45) is 5.04. The van der Waals surface area contributed by atoms with E-state index in [0.717, 1.165) is 29.4 Å². The molecule has 0 spiro atoms. The Morgan fingerprint density at radius 1 is 1.26 bits per heavy atom. The summed E-state index contributed by atoms with van der Waals surface area (Å²) in [7, 11) is 3.34. The first kappa shape index (κ1) is 19.8. The van der Waals surface area contributed by atoms with Gasteiger partial charge < -0.3 is 9.47 Å². The van der Waals surface area contributed by atoms with Crippen LogP contribution in [0, 0.1) is 5.82 Å². The normalized spacial score (nSPS) is 16.9. The summed E-state index contributed by atoms with van der Waals surface area (Å²) in [6, 6.07) is 6.78. The average Bonchev–Trinajstić information content (AvgIpc) is 3.05. The van der Waals surface area contributed by atoms with Crippen LogP contribution in [-0.2, 0) is 23.1 Å². The minimum absolute atomic E-state index is 0.0564. The van der Waals surface area contributed by atoms with Crippen molar-refractivity contribution in [3.63, 3.8) is 0 Å². The molecule has 3 aromatic heterocycles. The van der Waals surface area contributed by atoms with Crippen molar-refractivity contribution in [1.29, 1.82) is 0 Å². The Hall–Kier alpha value is -3.10. The fourth-order valence-corrected chi connectivity index (χ4v) is 4.35. The Balaban J connectivity index is 1.75. The van der Waals surface area contributed by atoms with Crippen LogP contribution in [0.2, 0.25) is 0 Å². The lowest BCUT2D eigenvalue weighted by Crippen LogP contribution is -2.31. The van der Waals surface area contributed by atoms with Gasteiger partial charge in [-0.3, -0.25) is 19.1 Å². The number of hydrogen-bond acceptors (Lipinski definition) is 5. The minimum Gasteiger partial charge on any atom is -0.379 e. The molecular weight excluding hydrogens is 399 g/mol. The van der Waals surface area contributed by atoms with E-state index in [-0.39, 0.29) is 17.5 Å². The third-order valence-corrected chi connectivity index (χ3v) is 5.93. The molecule has 1 fully saturated rings. The molecule has 0 N–H and O–H groups in total. The summed E-state index contributed by atoms with van der Waals surface area (Å²) in [5.74, 6) is -0.383. The number of pyridine rings is 2. The molecule has 1 saturated heterocycles. The largest absolute Gasteiger partial charge is 0.379 e. The summed E-state index contributed by atoms with van der Waals surface area (Å²) in [5.41, 5.74) is 3.71. The van der Waals surface area contributed by atoms with E-state index in [1.54, 1.807) is 41.8 Å². The second-order valence-electron chi connectivity index (χ2n) is 7.90. The number of benzene rings is 1. The van der Waals surface area contributed by atoms with Crippen molar-refractivity contribution in [1.82, 2.24) is 19.1 Å². The zero-order chi connectivity index (χ0) is 21.5. The summed E-state index contributed by atoms with van der Waals surface area (Å²) in [6.45, 7) is 1.59. The van der Waals surface area contributed by atoms with Crippen LogP contribution >= 0.6 is 0 Å². The molecule has 1 aliphatic heterocycles. The van der Waals surface area contributed by atoms with Gasteiger partial charge >= 0.3 is 5.69 Å². The van der Waals surface area contributed by atoms with Crippen molar-refractivity contribution < 1.29 is 13.9 Å². The van der Waals surface area contributed by atoms with Gasteiger partial charge in [0.05, 0.1) is 47.7 Å². The molecule has 1 aromatic carbocycles. The Morgan fingerprint density at radius 3 is 2.84 bits per heavy atom. The SMILES string of the molecule is COCc1ccc(-c2cc3c(cc2F)ncc2c3n([C@@H]3CCCOC3)c(=O)n2C)cn1. The van der Waals surface area contributed by atoms with Gasteiger partial charge in [0.15, 0.2) is 0 Å². The quantitative estimate of drug-likeness (QED) is 0.503. The Labute approximate surface area is 178 Å². The lowest BCUT2D eigenvalue weighted by molar-refractivity contribution is 0.0593. The smallest absolute Gasteiger partial charge is 0.329 e. The highest BCUT2D eigenvalue weighted by molar-refractivity contribution is 6.04. The number of hydrogen-bond donors (Lipinski definition) is 0. The first-order valence-electron chi connectivity index (χ1n) is 10.3. The first-order valence-corrected chi connectivity index (χ1v) is 10.3. The number of nitrogens with zero attached hydrogens (tertiary/aromatic N) is 4. The maximum Gasteiger partial charge on any atom is 0.329 e. The summed E-state index contributed by atoms with van der Waals surface area (Å²) >= 11 is 0. The van der Waals surface area contributed by atoms with Gasteiger partial charge in [-0.15, -0.1) is 0 Å². The predicted molar refractivity (Wildman–Crippen MR) is 115 cm³/mol. The molecule has 0 bridgehead atoms. The van der Waals surface area contributed by atoms with E-state index in [0.29, 0.717) is 42.0 Å². The molecule has 31 heavy (non-hydrogen) atoms. The fraction of sp³-hybridized carbons (Fsp3) is 0.348. The molecule has 4 aromatic rings. The molecule has 5 rings (SSSR count). The third-order valence-electron chi connectivity index (χ3n) is 5.93.